The molecule has 0 amide bonds. The van der Waals surface area contributed by atoms with Crippen molar-refractivity contribution in [3.05, 3.63) is 47.5 Å². The van der Waals surface area contributed by atoms with E-state index in [2.05, 4.69) is 15.4 Å². The van der Waals surface area contributed by atoms with Crippen molar-refractivity contribution >= 4 is 29.9 Å². The lowest BCUT2D eigenvalue weighted by molar-refractivity contribution is 0.385. The number of rotatable bonds is 7. The normalized spacial score (nSPS) is 11.0. The number of methoxy groups -OCH3 is 1. The Balaban J connectivity index is 0.00000338. The van der Waals surface area contributed by atoms with Crippen molar-refractivity contribution in [3.63, 3.8) is 0 Å². The van der Waals surface area contributed by atoms with E-state index in [0.29, 0.717) is 19.6 Å². The molecule has 2 rings (SSSR count). The van der Waals surface area contributed by atoms with E-state index in [1.54, 1.807) is 6.07 Å². The highest BCUT2D eigenvalue weighted by atomic mass is 127. The summed E-state index contributed by atoms with van der Waals surface area (Å²) in [6.07, 6.45) is 3.82. The molecule has 26 heavy (non-hydrogen) atoms. The lowest BCUT2D eigenvalue weighted by Crippen LogP contribution is -2.38. The Kier molecular flexibility index (Phi) is 9.39. The molecule has 0 radical (unpaired) electrons. The summed E-state index contributed by atoms with van der Waals surface area (Å²) in [5.41, 5.74) is 1.99. The van der Waals surface area contributed by atoms with Gasteiger partial charge in [0.2, 0.25) is 0 Å². The first kappa shape index (κ1) is 22.2. The SMILES string of the molecule is CCNC(=NCCn1cc(C)cn1)N(C)Cc1ccc(OC)c(F)c1.I. The van der Waals surface area contributed by atoms with Crippen LogP contribution in [-0.4, -0.2) is 47.9 Å². The van der Waals surface area contributed by atoms with Crippen LogP contribution >= 0.6 is 24.0 Å². The Morgan fingerprint density at radius 3 is 2.77 bits per heavy atom. The van der Waals surface area contributed by atoms with Crippen LogP contribution in [-0.2, 0) is 13.1 Å². The first-order valence-corrected chi connectivity index (χ1v) is 8.34. The minimum atomic E-state index is -0.357. The third kappa shape index (κ3) is 6.47. The number of hydrogen-bond donors (Lipinski definition) is 1. The van der Waals surface area contributed by atoms with Crippen LogP contribution in [0.2, 0.25) is 0 Å². The number of nitrogens with zero attached hydrogens (tertiary/aromatic N) is 4. The van der Waals surface area contributed by atoms with Gasteiger partial charge in [0, 0.05) is 26.3 Å². The highest BCUT2D eigenvalue weighted by Gasteiger charge is 2.09. The van der Waals surface area contributed by atoms with Crippen molar-refractivity contribution in [2.45, 2.75) is 26.9 Å². The topological polar surface area (TPSA) is 54.7 Å². The van der Waals surface area contributed by atoms with E-state index in [0.717, 1.165) is 23.6 Å². The Bertz CT molecular complexity index is 719. The molecule has 0 saturated carbocycles. The van der Waals surface area contributed by atoms with Crippen LogP contribution in [0.1, 0.15) is 18.1 Å². The first-order chi connectivity index (χ1) is 12.0. The Labute approximate surface area is 171 Å². The smallest absolute Gasteiger partial charge is 0.194 e. The molecule has 0 fully saturated rings. The van der Waals surface area contributed by atoms with Gasteiger partial charge in [-0.2, -0.15) is 5.10 Å². The number of ether oxygens (including phenoxy) is 1. The second-order valence-corrected chi connectivity index (χ2v) is 5.84. The number of aliphatic imine (C=N–C) groups is 1. The summed E-state index contributed by atoms with van der Waals surface area (Å²) < 4.78 is 20.7. The minimum Gasteiger partial charge on any atom is -0.494 e. The van der Waals surface area contributed by atoms with E-state index in [1.807, 2.05) is 48.9 Å². The quantitative estimate of drug-likeness (QED) is 0.380. The average molecular weight is 475 g/mol. The van der Waals surface area contributed by atoms with Crippen molar-refractivity contribution in [2.24, 2.45) is 4.99 Å². The highest BCUT2D eigenvalue weighted by Crippen LogP contribution is 2.18. The number of hydrogen-bond acceptors (Lipinski definition) is 3. The van der Waals surface area contributed by atoms with Crippen LogP contribution in [0.15, 0.2) is 35.6 Å². The van der Waals surface area contributed by atoms with Gasteiger partial charge in [-0.1, -0.05) is 6.07 Å². The van der Waals surface area contributed by atoms with Crippen molar-refractivity contribution < 1.29 is 9.13 Å². The fourth-order valence-corrected chi connectivity index (χ4v) is 2.47. The summed E-state index contributed by atoms with van der Waals surface area (Å²) in [7, 11) is 3.39. The van der Waals surface area contributed by atoms with Gasteiger partial charge >= 0.3 is 0 Å². The summed E-state index contributed by atoms with van der Waals surface area (Å²) in [6, 6.07) is 4.99. The van der Waals surface area contributed by atoms with Gasteiger partial charge in [0.25, 0.3) is 0 Å². The van der Waals surface area contributed by atoms with Crippen LogP contribution in [0.5, 0.6) is 5.75 Å². The summed E-state index contributed by atoms with van der Waals surface area (Å²) in [6.45, 7) is 6.68. The van der Waals surface area contributed by atoms with E-state index in [-0.39, 0.29) is 35.5 Å². The van der Waals surface area contributed by atoms with Crippen LogP contribution in [0.4, 0.5) is 4.39 Å². The molecule has 1 aromatic heterocycles. The molecule has 0 bridgehead atoms. The lowest BCUT2D eigenvalue weighted by atomic mass is 10.2. The molecule has 0 aliphatic carbocycles. The van der Waals surface area contributed by atoms with E-state index in [1.165, 1.54) is 13.2 Å². The van der Waals surface area contributed by atoms with E-state index < -0.39 is 0 Å². The number of nitrogens with one attached hydrogen (secondary N) is 1. The maximum absolute atomic E-state index is 13.8. The number of halogens is 2. The molecule has 0 spiro atoms. The second kappa shape index (κ2) is 11.0. The molecule has 1 heterocycles. The summed E-state index contributed by atoms with van der Waals surface area (Å²) in [5.74, 6) is 0.675. The Morgan fingerprint density at radius 2 is 2.19 bits per heavy atom. The van der Waals surface area contributed by atoms with Crippen LogP contribution in [0, 0.1) is 12.7 Å². The van der Waals surface area contributed by atoms with Gasteiger partial charge in [-0.05, 0) is 37.1 Å². The van der Waals surface area contributed by atoms with Gasteiger partial charge in [-0.15, -0.1) is 24.0 Å². The molecule has 8 heteroatoms. The minimum absolute atomic E-state index is 0. The summed E-state index contributed by atoms with van der Waals surface area (Å²) in [4.78, 5) is 6.59. The lowest BCUT2D eigenvalue weighted by Gasteiger charge is -2.22. The molecular weight excluding hydrogens is 448 g/mol. The second-order valence-electron chi connectivity index (χ2n) is 5.84. The zero-order valence-corrected chi connectivity index (χ0v) is 18.0. The van der Waals surface area contributed by atoms with Crippen molar-refractivity contribution in [3.8, 4) is 5.75 Å². The van der Waals surface area contributed by atoms with Gasteiger partial charge in [0.1, 0.15) is 0 Å². The number of benzene rings is 1. The monoisotopic (exact) mass is 475 g/mol. The van der Waals surface area contributed by atoms with Crippen molar-refractivity contribution in [1.82, 2.24) is 20.0 Å². The summed E-state index contributed by atoms with van der Waals surface area (Å²) >= 11 is 0. The molecule has 1 N–H and O–H groups in total. The zero-order valence-electron chi connectivity index (χ0n) is 15.7. The molecule has 0 saturated heterocycles. The van der Waals surface area contributed by atoms with Gasteiger partial charge in [-0.25, -0.2) is 4.39 Å². The maximum Gasteiger partial charge on any atom is 0.194 e. The maximum atomic E-state index is 13.8. The molecular formula is C18H27FIN5O. The Hall–Kier alpha value is -1.84. The summed E-state index contributed by atoms with van der Waals surface area (Å²) in [5, 5.41) is 7.52. The molecule has 1 aromatic carbocycles. The van der Waals surface area contributed by atoms with Gasteiger partial charge in [0.15, 0.2) is 17.5 Å². The van der Waals surface area contributed by atoms with E-state index in [9.17, 15) is 4.39 Å². The zero-order chi connectivity index (χ0) is 18.2. The van der Waals surface area contributed by atoms with Gasteiger partial charge in [0.05, 0.1) is 26.4 Å². The van der Waals surface area contributed by atoms with Crippen LogP contribution < -0.4 is 10.1 Å². The fourth-order valence-electron chi connectivity index (χ4n) is 2.47. The number of guanidine groups is 1. The molecule has 144 valence electrons. The largest absolute Gasteiger partial charge is 0.494 e. The van der Waals surface area contributed by atoms with Crippen LogP contribution in [0.25, 0.3) is 0 Å². The molecule has 0 aliphatic heterocycles. The molecule has 0 unspecified atom stereocenters. The Morgan fingerprint density at radius 1 is 1.42 bits per heavy atom. The number of aryl methyl sites for hydroxylation is 1. The fraction of sp³-hybridized carbons (Fsp3) is 0.444. The van der Waals surface area contributed by atoms with Gasteiger partial charge < -0.3 is 15.0 Å². The third-order valence-corrected chi connectivity index (χ3v) is 3.69. The van der Waals surface area contributed by atoms with Gasteiger partial charge in [-0.3, -0.25) is 9.67 Å². The molecule has 0 aliphatic rings. The third-order valence-electron chi connectivity index (χ3n) is 3.69. The molecule has 2 aromatic rings. The predicted molar refractivity (Wildman–Crippen MR) is 113 cm³/mol. The van der Waals surface area contributed by atoms with E-state index >= 15 is 0 Å². The number of aromatic nitrogens is 2. The van der Waals surface area contributed by atoms with E-state index in [4.69, 9.17) is 4.74 Å². The molecule has 6 nitrogen and oxygen atoms in total. The van der Waals surface area contributed by atoms with Crippen LogP contribution in [0.3, 0.4) is 0 Å². The highest BCUT2D eigenvalue weighted by molar-refractivity contribution is 14.0. The standard InChI is InChI=1S/C18H26FN5O.HI/c1-5-20-18(21-8-9-24-12-14(2)11-22-24)23(3)13-15-6-7-17(25-4)16(19)10-15;/h6-7,10-12H,5,8-9,13H2,1-4H3,(H,20,21);1H. The van der Waals surface area contributed by atoms with Crippen molar-refractivity contribution in [2.75, 3.05) is 27.2 Å². The first-order valence-electron chi connectivity index (χ1n) is 8.34. The molecule has 0 atom stereocenters. The average Bonchev–Trinajstić information content (AvgIpc) is 2.99. The van der Waals surface area contributed by atoms with Crippen molar-refractivity contribution in [1.29, 1.82) is 0 Å². The predicted octanol–water partition coefficient (Wildman–Crippen LogP) is 3.05.